The van der Waals surface area contributed by atoms with Crippen molar-refractivity contribution in [2.45, 2.75) is 6.18 Å². The summed E-state index contributed by atoms with van der Waals surface area (Å²) in [6, 6.07) is 4.74. The predicted octanol–water partition coefficient (Wildman–Crippen LogP) is 5.64. The van der Waals surface area contributed by atoms with E-state index in [1.54, 1.807) is 19.2 Å². The predicted molar refractivity (Wildman–Crippen MR) is 112 cm³/mol. The van der Waals surface area contributed by atoms with Gasteiger partial charge in [-0.2, -0.15) is 13.2 Å². The summed E-state index contributed by atoms with van der Waals surface area (Å²) < 4.78 is 49.1. The van der Waals surface area contributed by atoms with Crippen LogP contribution in [0.5, 0.6) is 11.5 Å². The maximum atomic E-state index is 12.8. The van der Waals surface area contributed by atoms with Gasteiger partial charge in [0.15, 0.2) is 0 Å². The van der Waals surface area contributed by atoms with Gasteiger partial charge < -0.3 is 20.1 Å². The lowest BCUT2D eigenvalue weighted by Crippen LogP contribution is -2.22. The lowest BCUT2D eigenvalue weighted by Gasteiger charge is -2.17. The summed E-state index contributed by atoms with van der Waals surface area (Å²) in [4.78, 5) is 8.59. The molecule has 0 fully saturated rings. The van der Waals surface area contributed by atoms with Crippen molar-refractivity contribution in [3.8, 4) is 22.8 Å². The van der Waals surface area contributed by atoms with Crippen molar-refractivity contribution in [2.75, 3.05) is 38.4 Å². The van der Waals surface area contributed by atoms with E-state index in [2.05, 4.69) is 20.6 Å². The van der Waals surface area contributed by atoms with Gasteiger partial charge in [0.25, 0.3) is 0 Å². The number of aromatic nitrogens is 2. The Labute approximate surface area is 180 Å². The Balaban J connectivity index is 2.27. The number of halogens is 5. The number of ether oxygens (including phenoxy) is 2. The summed E-state index contributed by atoms with van der Waals surface area (Å²) in [7, 11) is 4.50. The van der Waals surface area contributed by atoms with Crippen molar-refractivity contribution in [1.29, 1.82) is 0 Å². The standard InChI is InChI=1S/C19H17Cl2F3N4O2/c1-25-14-5-10-9(7-26-14)4-11(28-18(10)27-8-19(22,23)24)15-16(20)12(29-2)6-13(30-3)17(15)21/h4-7H,8H2,1-3H3,(H,25,26)(H,27,28). The number of benzene rings is 1. The fourth-order valence-corrected chi connectivity index (χ4v) is 3.53. The molecule has 0 aliphatic rings. The summed E-state index contributed by atoms with van der Waals surface area (Å²) in [5.74, 6) is 1.05. The number of nitrogens with one attached hydrogen (secondary N) is 2. The molecular weight excluding hydrogens is 444 g/mol. The molecule has 160 valence electrons. The SMILES string of the molecule is CNc1cc2c(NCC(F)(F)F)nc(-c3c(Cl)c(OC)cc(OC)c3Cl)cc2cn1. The fourth-order valence-electron chi connectivity index (χ4n) is 2.84. The summed E-state index contributed by atoms with van der Waals surface area (Å²) in [5, 5.41) is 6.48. The van der Waals surface area contributed by atoms with E-state index in [0.717, 1.165) is 0 Å². The monoisotopic (exact) mass is 460 g/mol. The van der Waals surface area contributed by atoms with Crippen molar-refractivity contribution >= 4 is 45.6 Å². The molecule has 0 unspecified atom stereocenters. The van der Waals surface area contributed by atoms with Gasteiger partial charge in [-0.3, -0.25) is 0 Å². The Morgan fingerprint density at radius 3 is 2.20 bits per heavy atom. The van der Waals surface area contributed by atoms with Gasteiger partial charge in [-0.05, 0) is 12.1 Å². The average Bonchev–Trinajstić information content (AvgIpc) is 2.71. The van der Waals surface area contributed by atoms with E-state index in [1.807, 2.05) is 0 Å². The first-order valence-corrected chi connectivity index (χ1v) is 9.33. The highest BCUT2D eigenvalue weighted by Crippen LogP contribution is 2.46. The Hall–Kier alpha value is -2.65. The molecule has 0 amide bonds. The highest BCUT2D eigenvalue weighted by Gasteiger charge is 2.28. The molecule has 6 nitrogen and oxygen atoms in total. The second-order valence-electron chi connectivity index (χ2n) is 6.15. The molecule has 0 saturated heterocycles. The Morgan fingerprint density at radius 1 is 1.03 bits per heavy atom. The number of hydrogen-bond donors (Lipinski definition) is 2. The fraction of sp³-hybridized carbons (Fsp3) is 0.263. The number of nitrogens with zero attached hydrogens (tertiary/aromatic N) is 2. The molecule has 30 heavy (non-hydrogen) atoms. The molecular formula is C19H17Cl2F3N4O2. The number of rotatable bonds is 6. The highest BCUT2D eigenvalue weighted by molar-refractivity contribution is 6.41. The minimum atomic E-state index is -4.43. The van der Waals surface area contributed by atoms with Gasteiger partial charge in [-0.25, -0.2) is 9.97 Å². The van der Waals surface area contributed by atoms with Gasteiger partial charge in [0.1, 0.15) is 29.7 Å². The lowest BCUT2D eigenvalue weighted by atomic mass is 10.1. The first kappa shape index (κ1) is 22.0. The molecule has 0 aliphatic heterocycles. The van der Waals surface area contributed by atoms with E-state index in [1.165, 1.54) is 26.5 Å². The van der Waals surface area contributed by atoms with Crippen LogP contribution in [0.15, 0.2) is 24.4 Å². The summed E-state index contributed by atoms with van der Waals surface area (Å²) >= 11 is 12.9. The highest BCUT2D eigenvalue weighted by atomic mass is 35.5. The van der Waals surface area contributed by atoms with Crippen molar-refractivity contribution in [3.05, 3.63) is 34.4 Å². The third-order valence-electron chi connectivity index (χ3n) is 4.26. The van der Waals surface area contributed by atoms with Crippen LogP contribution < -0.4 is 20.1 Å². The van der Waals surface area contributed by atoms with Crippen LogP contribution in [0.3, 0.4) is 0 Å². The van der Waals surface area contributed by atoms with E-state index in [-0.39, 0.29) is 38.6 Å². The zero-order valence-corrected chi connectivity index (χ0v) is 17.6. The summed E-state index contributed by atoms with van der Waals surface area (Å²) in [5.41, 5.74) is 0.502. The third-order valence-corrected chi connectivity index (χ3v) is 5.01. The Morgan fingerprint density at radius 2 is 1.67 bits per heavy atom. The second kappa shape index (κ2) is 8.61. The zero-order chi connectivity index (χ0) is 22.1. The van der Waals surface area contributed by atoms with Crippen molar-refractivity contribution in [3.63, 3.8) is 0 Å². The molecule has 0 bridgehead atoms. The number of hydrogen-bond acceptors (Lipinski definition) is 6. The Kier molecular flexibility index (Phi) is 6.33. The number of alkyl halides is 3. The van der Waals surface area contributed by atoms with Crippen LogP contribution in [0, 0.1) is 0 Å². The topological polar surface area (TPSA) is 68.3 Å². The largest absolute Gasteiger partial charge is 0.495 e. The van der Waals surface area contributed by atoms with Crippen LogP contribution in [0.4, 0.5) is 24.8 Å². The average molecular weight is 461 g/mol. The van der Waals surface area contributed by atoms with Crippen molar-refractivity contribution < 1.29 is 22.6 Å². The Bertz CT molecular complexity index is 1070. The molecule has 2 N–H and O–H groups in total. The summed E-state index contributed by atoms with van der Waals surface area (Å²) in [6.45, 7) is -1.27. The number of pyridine rings is 2. The molecule has 3 rings (SSSR count). The third kappa shape index (κ3) is 4.41. The van der Waals surface area contributed by atoms with E-state index in [4.69, 9.17) is 32.7 Å². The minimum Gasteiger partial charge on any atom is -0.495 e. The molecule has 1 aromatic carbocycles. The first-order valence-electron chi connectivity index (χ1n) is 8.58. The van der Waals surface area contributed by atoms with Crippen LogP contribution in [0.1, 0.15) is 0 Å². The van der Waals surface area contributed by atoms with Crippen LogP contribution in [-0.4, -0.2) is 44.0 Å². The minimum absolute atomic E-state index is 0.00708. The maximum Gasteiger partial charge on any atom is 0.405 e. The molecule has 2 heterocycles. The van der Waals surface area contributed by atoms with Crippen LogP contribution in [0.25, 0.3) is 22.0 Å². The zero-order valence-electron chi connectivity index (χ0n) is 16.1. The van der Waals surface area contributed by atoms with Gasteiger partial charge in [0.2, 0.25) is 0 Å². The molecule has 0 aliphatic carbocycles. The number of anilines is 2. The number of fused-ring (bicyclic) bond motifs is 1. The second-order valence-corrected chi connectivity index (χ2v) is 6.91. The molecule has 0 atom stereocenters. The van der Waals surface area contributed by atoms with E-state index >= 15 is 0 Å². The molecule has 2 aromatic heterocycles. The van der Waals surface area contributed by atoms with Gasteiger partial charge in [-0.1, -0.05) is 23.2 Å². The van der Waals surface area contributed by atoms with Crippen molar-refractivity contribution in [1.82, 2.24) is 9.97 Å². The molecule has 0 spiro atoms. The quantitative estimate of drug-likeness (QED) is 0.496. The molecule has 0 radical (unpaired) electrons. The maximum absolute atomic E-state index is 12.8. The van der Waals surface area contributed by atoms with Gasteiger partial charge in [0.05, 0.1) is 30.0 Å². The molecule has 3 aromatic rings. The van der Waals surface area contributed by atoms with Gasteiger partial charge >= 0.3 is 6.18 Å². The van der Waals surface area contributed by atoms with E-state index < -0.39 is 12.7 Å². The number of methoxy groups -OCH3 is 2. The summed E-state index contributed by atoms with van der Waals surface area (Å²) in [6.07, 6.45) is -2.91. The van der Waals surface area contributed by atoms with Crippen LogP contribution in [0.2, 0.25) is 10.0 Å². The first-order chi connectivity index (χ1) is 14.2. The molecule has 11 heteroatoms. The van der Waals surface area contributed by atoms with E-state index in [0.29, 0.717) is 16.6 Å². The van der Waals surface area contributed by atoms with Crippen LogP contribution in [-0.2, 0) is 0 Å². The van der Waals surface area contributed by atoms with Crippen LogP contribution >= 0.6 is 23.2 Å². The smallest absolute Gasteiger partial charge is 0.405 e. The van der Waals surface area contributed by atoms with Crippen molar-refractivity contribution in [2.24, 2.45) is 0 Å². The lowest BCUT2D eigenvalue weighted by molar-refractivity contribution is -0.115. The molecule has 0 saturated carbocycles. The van der Waals surface area contributed by atoms with E-state index in [9.17, 15) is 13.2 Å². The van der Waals surface area contributed by atoms with Gasteiger partial charge in [-0.15, -0.1) is 0 Å². The normalized spacial score (nSPS) is 11.5. The van der Waals surface area contributed by atoms with Gasteiger partial charge in [0, 0.05) is 35.6 Å².